The van der Waals surface area contributed by atoms with Crippen molar-refractivity contribution < 1.29 is 24.1 Å². The number of rotatable bonds is 16. The lowest BCUT2D eigenvalue weighted by Gasteiger charge is -2.36. The highest BCUT2D eigenvalue weighted by Gasteiger charge is 2.40. The largest absolute Gasteiger partial charge is 0.399 e. The first-order chi connectivity index (χ1) is 41.3. The van der Waals surface area contributed by atoms with Crippen LogP contribution in [-0.2, 0) is 14.2 Å². The van der Waals surface area contributed by atoms with Gasteiger partial charge in [0.25, 0.3) is 11.4 Å². The van der Waals surface area contributed by atoms with E-state index in [1.165, 1.54) is 49.9 Å². The van der Waals surface area contributed by atoms with Gasteiger partial charge < -0.3 is 49.8 Å². The van der Waals surface area contributed by atoms with E-state index in [1.54, 1.807) is 30.3 Å². The van der Waals surface area contributed by atoms with Gasteiger partial charge in [0.15, 0.2) is 17.5 Å². The molecule has 3 N–H and O–H groups in total. The third-order valence-corrected chi connectivity index (χ3v) is 16.4. The van der Waals surface area contributed by atoms with Crippen molar-refractivity contribution in [1.82, 2.24) is 35.2 Å². The topological polar surface area (TPSA) is 246 Å². The average Bonchev–Trinajstić information content (AvgIpc) is 4.03. The first-order valence-corrected chi connectivity index (χ1v) is 30.7. The Bertz CT molecular complexity index is 3050. The van der Waals surface area contributed by atoms with E-state index in [2.05, 4.69) is 79.6 Å². The lowest BCUT2D eigenvalue weighted by atomic mass is 10.2. The molecule has 456 valence electrons. The standard InChI is InChI=1S/C20H25N5O3.C20H27N5O.C14H15ClN4O2.C6H11NO.C2H6/c1-3-23(4-2)18-11-19(24-16-9-10-17(24)13-28-12-16)22-20(21-18)14-5-7-15(8-6-14)25(26)27;1-3-24(4-2)18-11-19(25-16-9-10-17(25)13-26-12-16)23-20(22-18)14-5-7-15(21)8-6-14;1-3-18(4-2)13-9-12(15)16-14(17-13)10-5-7-11(8-6-10)19(20)21;1-2-6-4-8-3-5(1)7-6;1-2/h5-8,11,16-17H,3-4,9-10,12-13H2,1-2H3;5-8,11,16-17H,3-4,9-10,12-13,21H2,1-2H3;5-9H,3-4H2,1-2H3;5-7H,1-4H2;1-2H3. The molecule has 6 bridgehead atoms. The maximum absolute atomic E-state index is 11.0. The van der Waals surface area contributed by atoms with Gasteiger partial charge in [0, 0.05) is 116 Å². The molecule has 85 heavy (non-hydrogen) atoms. The highest BCUT2D eigenvalue weighted by atomic mass is 35.5. The second-order valence-corrected chi connectivity index (χ2v) is 21.7. The Kier molecular flexibility index (Phi) is 22.9. The van der Waals surface area contributed by atoms with Gasteiger partial charge in [-0.25, -0.2) is 29.9 Å². The summed E-state index contributed by atoms with van der Waals surface area (Å²) in [6, 6.07) is 29.2. The SMILES string of the molecule is C1CC2COCC1N2.CC.CCN(CC)c1cc(Cl)nc(-c2ccc([N+](=O)[O-])cc2)n1.CCN(CC)c1cc(N2C3CCC2COC3)nc(-c2ccc(N)cc2)n1.CCN(CC)c1cc(N2C3CCC2COC3)nc(-c2ccc([N+](=O)[O-])cc2)n1. The lowest BCUT2D eigenvalue weighted by Crippen LogP contribution is -2.46. The van der Waals surface area contributed by atoms with Crippen molar-refractivity contribution >= 4 is 57.8 Å². The predicted octanol–water partition coefficient (Wildman–Crippen LogP) is 10.9. The molecule has 6 fully saturated rings. The second kappa shape index (κ2) is 30.6. The molecule has 0 amide bonds. The van der Waals surface area contributed by atoms with Gasteiger partial charge >= 0.3 is 0 Å². The van der Waals surface area contributed by atoms with Crippen molar-refractivity contribution in [2.45, 2.75) is 130 Å². The van der Waals surface area contributed by atoms with Crippen LogP contribution in [-0.4, -0.2) is 155 Å². The van der Waals surface area contributed by atoms with Crippen molar-refractivity contribution in [3.05, 3.63) is 116 Å². The summed E-state index contributed by atoms with van der Waals surface area (Å²) in [7, 11) is 0. The van der Waals surface area contributed by atoms with Crippen LogP contribution in [0.1, 0.15) is 93.9 Å². The Morgan fingerprint density at radius 2 is 0.812 bits per heavy atom. The van der Waals surface area contributed by atoms with E-state index >= 15 is 0 Å². The quantitative estimate of drug-likeness (QED) is 0.0396. The number of nitrogen functional groups attached to an aromatic ring is 1. The number of benzene rings is 3. The molecule has 3 aromatic carbocycles. The summed E-state index contributed by atoms with van der Waals surface area (Å²) in [5.74, 6) is 6.36. The van der Waals surface area contributed by atoms with Crippen molar-refractivity contribution in [3.63, 3.8) is 0 Å². The zero-order valence-electron chi connectivity index (χ0n) is 50.5. The minimum absolute atomic E-state index is 0.0322. The zero-order chi connectivity index (χ0) is 60.6. The summed E-state index contributed by atoms with van der Waals surface area (Å²) in [6.45, 7) is 26.7. The summed E-state index contributed by atoms with van der Waals surface area (Å²) in [4.78, 5) is 60.3. The average molecular weight is 1190 g/mol. The molecule has 12 rings (SSSR count). The van der Waals surface area contributed by atoms with E-state index in [9.17, 15) is 20.2 Å². The van der Waals surface area contributed by atoms with Gasteiger partial charge in [-0.1, -0.05) is 25.4 Å². The third kappa shape index (κ3) is 15.9. The number of hydrogen-bond acceptors (Lipinski definition) is 20. The fourth-order valence-electron chi connectivity index (χ4n) is 11.7. The summed E-state index contributed by atoms with van der Waals surface area (Å²) < 4.78 is 16.8. The van der Waals surface area contributed by atoms with Crippen molar-refractivity contribution in [1.29, 1.82) is 0 Å². The molecule has 0 spiro atoms. The normalized spacial score (nSPS) is 20.5. The van der Waals surface area contributed by atoms with Gasteiger partial charge in [-0.3, -0.25) is 20.2 Å². The Morgan fingerprint density at radius 3 is 1.14 bits per heavy atom. The number of ether oxygens (including phenoxy) is 3. The number of anilines is 6. The molecule has 6 aliphatic rings. The van der Waals surface area contributed by atoms with E-state index in [0.29, 0.717) is 58.6 Å². The molecule has 23 heteroatoms. The van der Waals surface area contributed by atoms with Crippen LogP contribution in [0.15, 0.2) is 91.0 Å². The van der Waals surface area contributed by atoms with Crippen LogP contribution < -0.4 is 35.6 Å². The van der Waals surface area contributed by atoms with Gasteiger partial charge in [0.1, 0.15) is 34.2 Å². The third-order valence-electron chi connectivity index (χ3n) is 16.2. The molecule has 0 radical (unpaired) electrons. The highest BCUT2D eigenvalue weighted by Crippen LogP contribution is 2.38. The van der Waals surface area contributed by atoms with Crippen LogP contribution in [0.3, 0.4) is 0 Å². The number of nitrogens with two attached hydrogens (primary N) is 1. The summed E-state index contributed by atoms with van der Waals surface area (Å²) >= 11 is 6.05. The highest BCUT2D eigenvalue weighted by molar-refractivity contribution is 6.29. The molecule has 0 aliphatic carbocycles. The molecule has 22 nitrogen and oxygen atoms in total. The van der Waals surface area contributed by atoms with Gasteiger partial charge in [0.05, 0.1) is 73.7 Å². The lowest BCUT2D eigenvalue weighted by molar-refractivity contribution is -0.385. The minimum atomic E-state index is -0.441. The van der Waals surface area contributed by atoms with Crippen LogP contribution >= 0.6 is 11.6 Å². The molecule has 6 saturated heterocycles. The first-order valence-electron chi connectivity index (χ1n) is 30.3. The fourth-order valence-corrected chi connectivity index (χ4v) is 11.8. The fraction of sp³-hybridized carbons (Fsp3) is 0.516. The van der Waals surface area contributed by atoms with Gasteiger partial charge in [-0.2, -0.15) is 0 Å². The first kappa shape index (κ1) is 63.6. The second-order valence-electron chi connectivity index (χ2n) is 21.3. The zero-order valence-corrected chi connectivity index (χ0v) is 51.2. The molecule has 0 saturated carbocycles. The van der Waals surface area contributed by atoms with E-state index in [0.717, 1.165) is 143 Å². The molecule has 6 aliphatic heterocycles. The monoisotopic (exact) mass is 1190 g/mol. The van der Waals surface area contributed by atoms with Crippen LogP contribution in [0, 0.1) is 20.2 Å². The summed E-state index contributed by atoms with van der Waals surface area (Å²) in [6.07, 6.45) is 7.22. The molecule has 6 unspecified atom stereocenters. The maximum Gasteiger partial charge on any atom is 0.269 e. The van der Waals surface area contributed by atoms with E-state index in [4.69, 9.17) is 51.5 Å². The Morgan fingerprint density at radius 1 is 0.494 bits per heavy atom. The molecule has 6 atom stereocenters. The van der Waals surface area contributed by atoms with Gasteiger partial charge in [0.2, 0.25) is 0 Å². The molecular weight excluding hydrogens is 1100 g/mol. The predicted molar refractivity (Wildman–Crippen MR) is 338 cm³/mol. The number of hydrogen-bond donors (Lipinski definition) is 2. The number of nitrogens with zero attached hydrogens (tertiary/aromatic N) is 13. The van der Waals surface area contributed by atoms with Crippen LogP contribution in [0.4, 0.5) is 46.2 Å². The van der Waals surface area contributed by atoms with Crippen LogP contribution in [0.5, 0.6) is 0 Å². The number of morpholine rings is 3. The maximum atomic E-state index is 11.0. The summed E-state index contributed by atoms with van der Waals surface area (Å²) in [5.41, 5.74) is 9.16. The number of aromatic nitrogens is 6. The Balaban J connectivity index is 0.000000154. The minimum Gasteiger partial charge on any atom is -0.399 e. The molecule has 9 heterocycles. The number of halogens is 1. The van der Waals surface area contributed by atoms with Crippen LogP contribution in [0.25, 0.3) is 34.2 Å². The van der Waals surface area contributed by atoms with Gasteiger partial charge in [-0.15, -0.1) is 0 Å². The van der Waals surface area contributed by atoms with Crippen molar-refractivity contribution in [2.24, 2.45) is 0 Å². The molecular formula is C62H84ClN15O7. The summed E-state index contributed by atoms with van der Waals surface area (Å²) in [5, 5.41) is 25.4. The van der Waals surface area contributed by atoms with E-state index in [1.807, 2.05) is 52.0 Å². The number of nitro groups is 2. The number of non-ortho nitro benzene ring substituents is 2. The van der Waals surface area contributed by atoms with Gasteiger partial charge in [-0.05, 0) is 129 Å². The van der Waals surface area contributed by atoms with Crippen molar-refractivity contribution in [2.75, 3.05) is 109 Å². The number of fused-ring (bicyclic) bond motifs is 6. The Labute approximate surface area is 504 Å². The van der Waals surface area contributed by atoms with E-state index < -0.39 is 9.85 Å². The smallest absolute Gasteiger partial charge is 0.269 e. The molecule has 6 aromatic rings. The van der Waals surface area contributed by atoms with Crippen LogP contribution in [0.2, 0.25) is 5.15 Å². The number of nitro benzene ring substituents is 2. The Hall–Kier alpha value is -7.37. The van der Waals surface area contributed by atoms with Crippen molar-refractivity contribution in [3.8, 4) is 34.2 Å². The van der Waals surface area contributed by atoms with E-state index in [-0.39, 0.29) is 11.4 Å². The number of nitrogens with one attached hydrogen (secondary N) is 1. The molecule has 3 aromatic heterocycles.